The summed E-state index contributed by atoms with van der Waals surface area (Å²) in [6.45, 7) is 15.4. The highest BCUT2D eigenvalue weighted by Crippen LogP contribution is 2.57. The predicted molar refractivity (Wildman–Crippen MR) is 398 cm³/mol. The molecule has 12 aromatic carbocycles. The second-order valence-corrected chi connectivity index (χ2v) is 30.6. The zero-order valence-electron chi connectivity index (χ0n) is 53.5. The van der Waals surface area contributed by atoms with E-state index in [1.807, 2.05) is 12.2 Å². The van der Waals surface area contributed by atoms with Gasteiger partial charge in [0.2, 0.25) is 0 Å². The van der Waals surface area contributed by atoms with Crippen LogP contribution >= 0.6 is 10.0 Å². The summed E-state index contributed by atoms with van der Waals surface area (Å²) in [7, 11) is -1.01. The highest BCUT2D eigenvalue weighted by molar-refractivity contribution is 8.32. The van der Waals surface area contributed by atoms with E-state index in [-0.39, 0.29) is 10.8 Å². The fourth-order valence-electron chi connectivity index (χ4n) is 14.0. The molecule has 0 spiro atoms. The largest absolute Gasteiger partial charge is 0.493 e. The number of aromatic nitrogens is 1. The molecule has 92 heavy (non-hydrogen) atoms. The maximum atomic E-state index is 6.48. The van der Waals surface area contributed by atoms with Gasteiger partial charge >= 0.3 is 0 Å². The molecule has 14 rings (SSSR count). The second kappa shape index (κ2) is 24.9. The highest BCUT2D eigenvalue weighted by atomic mass is 32.3. The van der Waals surface area contributed by atoms with Crippen molar-refractivity contribution in [2.45, 2.75) is 44.4 Å². The topological polar surface area (TPSA) is 17.4 Å². The Labute approximate surface area is 545 Å². The van der Waals surface area contributed by atoms with Gasteiger partial charge in [0, 0.05) is 44.7 Å². The molecule has 0 amide bonds. The van der Waals surface area contributed by atoms with Crippen LogP contribution in [0, 0.1) is 0 Å². The quantitative estimate of drug-likeness (QED) is 0.0803. The first-order valence-corrected chi connectivity index (χ1v) is 35.1. The van der Waals surface area contributed by atoms with Crippen LogP contribution in [0.15, 0.2) is 298 Å². The third kappa shape index (κ3) is 11.6. The van der Waals surface area contributed by atoms with Gasteiger partial charge < -0.3 is 14.2 Å². The zero-order chi connectivity index (χ0) is 63.0. The average Bonchev–Trinajstić information content (AvgIpc) is 1.55. The van der Waals surface area contributed by atoms with Crippen LogP contribution in [0.1, 0.15) is 67.0 Å². The van der Waals surface area contributed by atoms with E-state index in [9.17, 15) is 0 Å². The number of ether oxygens (including phenoxy) is 1. The van der Waals surface area contributed by atoms with Gasteiger partial charge in [0.1, 0.15) is 5.75 Å². The van der Waals surface area contributed by atoms with Crippen molar-refractivity contribution in [3.63, 3.8) is 0 Å². The summed E-state index contributed by atoms with van der Waals surface area (Å²) in [5.74, 6) is 3.08. The van der Waals surface area contributed by atoms with Crippen molar-refractivity contribution in [2.24, 2.45) is 0 Å². The van der Waals surface area contributed by atoms with Crippen LogP contribution < -0.4 is 9.64 Å². The molecular formula is C88H78N2OS. The van der Waals surface area contributed by atoms with Gasteiger partial charge in [0.25, 0.3) is 0 Å². The summed E-state index contributed by atoms with van der Waals surface area (Å²) < 4.78 is 8.88. The first-order chi connectivity index (χ1) is 44.8. The van der Waals surface area contributed by atoms with Gasteiger partial charge in [-0.3, -0.25) is 0 Å². The molecule has 1 aromatic heterocycles. The number of fused-ring (bicyclic) bond motifs is 6. The Morgan fingerprint density at radius 2 is 0.880 bits per heavy atom. The Kier molecular flexibility index (Phi) is 16.1. The van der Waals surface area contributed by atoms with Crippen molar-refractivity contribution in [3.05, 3.63) is 332 Å². The number of benzene rings is 12. The second-order valence-electron chi connectivity index (χ2n) is 26.2. The van der Waals surface area contributed by atoms with E-state index in [4.69, 9.17) is 4.74 Å². The maximum Gasteiger partial charge on any atom is 0.119 e. The molecule has 1 heterocycles. The van der Waals surface area contributed by atoms with Crippen LogP contribution in [-0.2, 0) is 10.8 Å². The van der Waals surface area contributed by atoms with Gasteiger partial charge in [-0.2, -0.15) is 0 Å². The van der Waals surface area contributed by atoms with Gasteiger partial charge in [0.05, 0.1) is 17.6 Å². The van der Waals surface area contributed by atoms with Crippen LogP contribution in [0.5, 0.6) is 5.75 Å². The molecular weight excluding hydrogens is 1130 g/mol. The van der Waals surface area contributed by atoms with Gasteiger partial charge in [-0.1, -0.05) is 246 Å². The van der Waals surface area contributed by atoms with Crippen molar-refractivity contribution >= 4 is 61.0 Å². The van der Waals surface area contributed by atoms with Crippen LogP contribution in [0.25, 0.3) is 95.3 Å². The molecule has 0 bridgehead atoms. The number of rotatable bonds is 19. The summed E-state index contributed by atoms with van der Waals surface area (Å²) in [5.41, 5.74) is 26.2. The minimum atomic E-state index is -1.01. The number of hydrogen-bond acceptors (Lipinski definition) is 2. The Bertz CT molecular complexity index is 4790. The van der Waals surface area contributed by atoms with Crippen molar-refractivity contribution in [2.75, 3.05) is 35.5 Å². The Morgan fingerprint density at radius 3 is 1.41 bits per heavy atom. The van der Waals surface area contributed by atoms with Crippen molar-refractivity contribution in [3.8, 4) is 67.1 Å². The smallest absolute Gasteiger partial charge is 0.119 e. The van der Waals surface area contributed by atoms with Crippen LogP contribution in [0.2, 0.25) is 0 Å². The summed E-state index contributed by atoms with van der Waals surface area (Å²) in [6, 6.07) is 106. The third-order valence-corrected chi connectivity index (χ3v) is 21.7. The van der Waals surface area contributed by atoms with Crippen LogP contribution in [-0.4, -0.2) is 35.2 Å². The molecule has 4 heteroatoms. The summed E-state index contributed by atoms with van der Waals surface area (Å²) in [5, 5.41) is 2.44. The number of nitrogens with zero attached hydrogens (tertiary/aromatic N) is 2. The Hall–Kier alpha value is -10.1. The monoisotopic (exact) mass is 1210 g/mol. The van der Waals surface area contributed by atoms with E-state index in [1.165, 1.54) is 94.1 Å². The number of para-hydroxylation sites is 1. The van der Waals surface area contributed by atoms with Crippen LogP contribution in [0.3, 0.4) is 0 Å². The molecule has 1 unspecified atom stereocenters. The lowest BCUT2D eigenvalue weighted by atomic mass is 9.69. The Balaban J connectivity index is 0.812. The SMILES string of the molecule is C=Cc1ccc(-c2ccc(OCCS(C)(C)CCCC3(c4ccccc4)c4ccccc4-c4ccc(N(c5ccc(-c6ccc(C(C)(C)C)cc6)cc5)c5ccc(-c6ccc7c(c6)c6cc(-c8ccc(C=C)cc8)ccc6n7-c6ccccc6)cc5)cc43)cc2)cc1. The Morgan fingerprint density at radius 1 is 0.435 bits per heavy atom. The molecule has 0 aliphatic heterocycles. The van der Waals surface area contributed by atoms with E-state index in [1.54, 1.807) is 0 Å². The van der Waals surface area contributed by atoms with Gasteiger partial charge in [-0.15, -0.1) is 0 Å². The van der Waals surface area contributed by atoms with E-state index < -0.39 is 10.0 Å². The standard InChI is InChI=1S/C88H78N2OS/c1-8-62-25-29-64(30-26-62)67-39-50-78(51-40-67)91-56-58-92(6,7)57-18-55-88(73-19-12-10-13-20-73)83-24-17-16-23-79(83)80-52-49-77(61-84(80)88)89(75-45-35-66(36-46-75)65-33-43-72(44-34-65)87(3,4)5)76-47-37-69(38-48-76)71-42-54-86-82(60-71)81-59-70(68-31-27-63(9-2)28-32-68)41-53-85(81)90(86)74-21-14-11-15-22-74/h8-17,19-54,59-61H,1-2,18,55-58H2,3-7H3. The predicted octanol–water partition coefficient (Wildman–Crippen LogP) is 23.7. The molecule has 1 atom stereocenters. The molecule has 3 nitrogen and oxygen atoms in total. The van der Waals surface area contributed by atoms with E-state index in [0.29, 0.717) is 6.61 Å². The first-order valence-electron chi connectivity index (χ1n) is 32.3. The third-order valence-electron chi connectivity index (χ3n) is 19.1. The summed E-state index contributed by atoms with van der Waals surface area (Å²) in [4.78, 5) is 2.47. The van der Waals surface area contributed by atoms with Crippen LogP contribution in [0.4, 0.5) is 17.1 Å². The number of anilines is 3. The lowest BCUT2D eigenvalue weighted by molar-refractivity contribution is 0.343. The number of hydrogen-bond donors (Lipinski definition) is 0. The molecule has 13 aromatic rings. The first kappa shape index (κ1) is 59.5. The van der Waals surface area contributed by atoms with Gasteiger partial charge in [-0.25, -0.2) is 10.0 Å². The molecule has 0 saturated heterocycles. The van der Waals surface area contributed by atoms with Crippen molar-refractivity contribution in [1.29, 1.82) is 0 Å². The summed E-state index contributed by atoms with van der Waals surface area (Å²) >= 11 is 0. The maximum absolute atomic E-state index is 6.48. The van der Waals surface area contributed by atoms with Crippen molar-refractivity contribution < 1.29 is 4.74 Å². The molecule has 0 radical (unpaired) electrons. The lowest BCUT2D eigenvalue weighted by Gasteiger charge is -2.37. The minimum absolute atomic E-state index is 0.0785. The molecule has 452 valence electrons. The average molecular weight is 1210 g/mol. The summed E-state index contributed by atoms with van der Waals surface area (Å²) in [6.07, 6.45) is 10.8. The lowest BCUT2D eigenvalue weighted by Crippen LogP contribution is -2.28. The van der Waals surface area contributed by atoms with E-state index >= 15 is 0 Å². The molecule has 0 N–H and O–H groups in total. The highest BCUT2D eigenvalue weighted by Gasteiger charge is 2.44. The van der Waals surface area contributed by atoms with E-state index in [2.05, 4.69) is 341 Å². The zero-order valence-corrected chi connectivity index (χ0v) is 54.3. The molecule has 1 aliphatic rings. The van der Waals surface area contributed by atoms with E-state index in [0.717, 1.165) is 69.5 Å². The molecule has 1 aliphatic carbocycles. The minimum Gasteiger partial charge on any atom is -0.493 e. The van der Waals surface area contributed by atoms with Gasteiger partial charge in [0.15, 0.2) is 0 Å². The molecule has 0 fully saturated rings. The normalized spacial score (nSPS) is 13.8. The van der Waals surface area contributed by atoms with Crippen molar-refractivity contribution in [1.82, 2.24) is 4.57 Å². The molecule has 0 saturated carbocycles. The fraction of sp³-hybridized carbons (Fsp3) is 0.136. The fourth-order valence-corrected chi connectivity index (χ4v) is 15.6. The van der Waals surface area contributed by atoms with Gasteiger partial charge in [-0.05, 0) is 210 Å².